The standard InChI is InChI=1S/C33H37F3N6O3/c1-31(2,40-29(43)21-5-3-6-23(19-21)33(34,35)36)30(44)42-18-12-25-26(42)11-17-41(25)24-9-13-32(45,14-10-24)27-8-7-22(20-39-27)28-37-15-4-16-38-28/h3-8,15-16,19-20,24-26,45H,9-14,17-18H2,1-2H3,(H,40,43)/t24?,25-,26-,32?/m1/s1. The zero-order valence-electron chi connectivity index (χ0n) is 25.3. The Morgan fingerprint density at radius 1 is 0.933 bits per heavy atom. The van der Waals surface area contributed by atoms with Gasteiger partial charge in [-0.2, -0.15) is 13.2 Å². The van der Waals surface area contributed by atoms with Crippen molar-refractivity contribution in [1.29, 1.82) is 0 Å². The van der Waals surface area contributed by atoms with E-state index in [0.717, 1.165) is 49.9 Å². The topological polar surface area (TPSA) is 112 Å². The molecule has 2 aliphatic heterocycles. The Balaban J connectivity index is 1.06. The number of aromatic nitrogens is 3. The monoisotopic (exact) mass is 622 g/mol. The molecule has 2 N–H and O–H groups in total. The van der Waals surface area contributed by atoms with Crippen molar-refractivity contribution >= 4 is 11.8 Å². The molecule has 238 valence electrons. The molecule has 2 amide bonds. The van der Waals surface area contributed by atoms with E-state index in [1.165, 1.54) is 12.1 Å². The minimum atomic E-state index is -4.57. The molecule has 0 bridgehead atoms. The maximum absolute atomic E-state index is 13.7. The first-order chi connectivity index (χ1) is 21.4. The zero-order chi connectivity index (χ0) is 32.0. The number of aliphatic hydroxyl groups is 1. The smallest absolute Gasteiger partial charge is 0.384 e. The van der Waals surface area contributed by atoms with Crippen LogP contribution >= 0.6 is 0 Å². The Hall–Kier alpha value is -3.90. The van der Waals surface area contributed by atoms with Crippen LogP contribution in [-0.2, 0) is 16.6 Å². The highest BCUT2D eigenvalue weighted by Gasteiger charge is 2.50. The van der Waals surface area contributed by atoms with Gasteiger partial charge in [0.1, 0.15) is 11.1 Å². The van der Waals surface area contributed by atoms with Crippen molar-refractivity contribution < 1.29 is 27.9 Å². The summed E-state index contributed by atoms with van der Waals surface area (Å²) in [5.74, 6) is -0.387. The minimum Gasteiger partial charge on any atom is -0.384 e. The minimum absolute atomic E-state index is 0.00235. The fourth-order valence-corrected chi connectivity index (χ4v) is 7.25. The largest absolute Gasteiger partial charge is 0.416 e. The summed E-state index contributed by atoms with van der Waals surface area (Å²) < 4.78 is 39.5. The highest BCUT2D eigenvalue weighted by Crippen LogP contribution is 2.42. The number of hydrogen-bond acceptors (Lipinski definition) is 7. The Morgan fingerprint density at radius 3 is 2.31 bits per heavy atom. The second-order valence-corrected chi connectivity index (χ2v) is 12.9. The van der Waals surface area contributed by atoms with Crippen LogP contribution in [0.4, 0.5) is 13.2 Å². The number of nitrogens with zero attached hydrogens (tertiary/aromatic N) is 5. The van der Waals surface area contributed by atoms with E-state index in [1.807, 2.05) is 17.0 Å². The van der Waals surface area contributed by atoms with E-state index in [0.29, 0.717) is 30.9 Å². The van der Waals surface area contributed by atoms with E-state index in [1.54, 1.807) is 38.5 Å². The lowest BCUT2D eigenvalue weighted by Gasteiger charge is -2.41. The number of pyridine rings is 1. The highest BCUT2D eigenvalue weighted by molar-refractivity contribution is 5.99. The van der Waals surface area contributed by atoms with Crippen LogP contribution in [0.1, 0.15) is 74.0 Å². The number of rotatable bonds is 6. The number of fused-ring (bicyclic) bond motifs is 1. The first kappa shape index (κ1) is 31.1. The Bertz CT molecular complexity index is 1540. The number of carbonyl (C=O) groups is 2. The molecule has 3 fully saturated rings. The SMILES string of the molecule is CC(C)(NC(=O)c1cccc(C(F)(F)F)c1)C(=O)N1CC[C@@H]2[C@H]1CCN2C1CCC(O)(c2ccc(-c3ncccn3)cn2)CC1. The molecule has 0 radical (unpaired) electrons. The normalized spacial score (nSPS) is 25.6. The molecule has 4 heterocycles. The van der Waals surface area contributed by atoms with Gasteiger partial charge in [0, 0.05) is 60.9 Å². The molecule has 1 saturated carbocycles. The fourth-order valence-electron chi connectivity index (χ4n) is 7.25. The summed E-state index contributed by atoms with van der Waals surface area (Å²) >= 11 is 0. The average Bonchev–Trinajstić information content (AvgIpc) is 3.64. The molecule has 6 rings (SSSR count). The average molecular weight is 623 g/mol. The summed E-state index contributed by atoms with van der Waals surface area (Å²) in [4.78, 5) is 44.0. The molecule has 0 spiro atoms. The number of halogens is 3. The number of alkyl halides is 3. The predicted octanol–water partition coefficient (Wildman–Crippen LogP) is 4.57. The van der Waals surface area contributed by atoms with Gasteiger partial charge in [-0.15, -0.1) is 0 Å². The van der Waals surface area contributed by atoms with Crippen LogP contribution in [0.2, 0.25) is 0 Å². The van der Waals surface area contributed by atoms with Gasteiger partial charge in [0.25, 0.3) is 5.91 Å². The highest BCUT2D eigenvalue weighted by atomic mass is 19.4. The van der Waals surface area contributed by atoms with Crippen molar-refractivity contribution in [2.45, 2.75) is 87.8 Å². The van der Waals surface area contributed by atoms with E-state index in [2.05, 4.69) is 25.2 Å². The second-order valence-electron chi connectivity index (χ2n) is 12.9. The second kappa shape index (κ2) is 11.8. The Kier molecular flexibility index (Phi) is 8.15. The Labute approximate surface area is 259 Å². The van der Waals surface area contributed by atoms with Gasteiger partial charge in [-0.25, -0.2) is 9.97 Å². The number of nitrogens with one attached hydrogen (secondary N) is 1. The fraction of sp³-hybridized carbons (Fsp3) is 0.485. The Morgan fingerprint density at radius 2 is 1.64 bits per heavy atom. The van der Waals surface area contributed by atoms with Crippen molar-refractivity contribution in [2.24, 2.45) is 0 Å². The van der Waals surface area contributed by atoms with Gasteiger partial charge < -0.3 is 15.3 Å². The third kappa shape index (κ3) is 6.17. The van der Waals surface area contributed by atoms with E-state index in [9.17, 15) is 27.9 Å². The van der Waals surface area contributed by atoms with Gasteiger partial charge in [-0.3, -0.25) is 19.5 Å². The van der Waals surface area contributed by atoms with E-state index in [-0.39, 0.29) is 29.6 Å². The number of amides is 2. The van der Waals surface area contributed by atoms with Gasteiger partial charge in [0.15, 0.2) is 5.82 Å². The summed E-state index contributed by atoms with van der Waals surface area (Å²) in [7, 11) is 0. The summed E-state index contributed by atoms with van der Waals surface area (Å²) in [5.41, 5.74) is -1.94. The molecule has 45 heavy (non-hydrogen) atoms. The summed E-state index contributed by atoms with van der Waals surface area (Å²) in [6.45, 7) is 4.57. The maximum Gasteiger partial charge on any atom is 0.416 e. The van der Waals surface area contributed by atoms with E-state index in [4.69, 9.17) is 0 Å². The molecule has 9 nitrogen and oxygen atoms in total. The lowest BCUT2D eigenvalue weighted by Crippen LogP contribution is -2.57. The van der Waals surface area contributed by atoms with Gasteiger partial charge in [0.05, 0.1) is 11.3 Å². The number of benzene rings is 1. The molecular weight excluding hydrogens is 585 g/mol. The molecular formula is C33H37F3N6O3. The predicted molar refractivity (Wildman–Crippen MR) is 160 cm³/mol. The number of hydrogen-bond donors (Lipinski definition) is 2. The first-order valence-electron chi connectivity index (χ1n) is 15.4. The van der Waals surface area contributed by atoms with Crippen LogP contribution in [0.15, 0.2) is 61.1 Å². The molecule has 3 aromatic rings. The quantitative estimate of drug-likeness (QED) is 0.414. The van der Waals surface area contributed by atoms with E-state index < -0.39 is 28.8 Å². The molecule has 12 heteroatoms. The molecule has 0 unspecified atom stereocenters. The molecule has 2 saturated heterocycles. The summed E-state index contributed by atoms with van der Waals surface area (Å²) in [6, 6.07) is 10.2. The number of likely N-dealkylation sites (tertiary alicyclic amines) is 2. The lowest BCUT2D eigenvalue weighted by molar-refractivity contribution is -0.138. The van der Waals surface area contributed by atoms with Crippen LogP contribution in [0.3, 0.4) is 0 Å². The van der Waals surface area contributed by atoms with E-state index >= 15 is 0 Å². The maximum atomic E-state index is 13.7. The van der Waals surface area contributed by atoms with Crippen molar-refractivity contribution in [3.63, 3.8) is 0 Å². The van der Waals surface area contributed by atoms with Gasteiger partial charge in [-0.1, -0.05) is 6.07 Å². The van der Waals surface area contributed by atoms with Crippen molar-refractivity contribution in [1.82, 2.24) is 30.1 Å². The lowest BCUT2D eigenvalue weighted by atomic mass is 9.79. The molecule has 1 aromatic carbocycles. The zero-order valence-corrected chi connectivity index (χ0v) is 25.3. The van der Waals surface area contributed by atoms with Crippen LogP contribution in [-0.4, -0.2) is 78.4 Å². The van der Waals surface area contributed by atoms with Crippen molar-refractivity contribution in [2.75, 3.05) is 13.1 Å². The molecule has 2 atom stereocenters. The molecule has 3 aliphatic rings. The van der Waals surface area contributed by atoms with Gasteiger partial charge in [-0.05, 0) is 88.8 Å². The van der Waals surface area contributed by atoms with Crippen LogP contribution < -0.4 is 5.32 Å². The van der Waals surface area contributed by atoms with Crippen LogP contribution in [0.25, 0.3) is 11.4 Å². The van der Waals surface area contributed by atoms with Crippen molar-refractivity contribution in [3.8, 4) is 11.4 Å². The van der Waals surface area contributed by atoms with Crippen molar-refractivity contribution in [3.05, 3.63) is 77.9 Å². The van der Waals surface area contributed by atoms with Gasteiger partial charge >= 0.3 is 6.18 Å². The molecule has 2 aromatic heterocycles. The summed E-state index contributed by atoms with van der Waals surface area (Å²) in [5, 5.41) is 14.2. The van der Waals surface area contributed by atoms with Crippen LogP contribution in [0.5, 0.6) is 0 Å². The summed E-state index contributed by atoms with van der Waals surface area (Å²) in [6.07, 6.45) is 4.86. The first-order valence-corrected chi connectivity index (χ1v) is 15.4. The van der Waals surface area contributed by atoms with Gasteiger partial charge in [0.2, 0.25) is 5.91 Å². The third-order valence-corrected chi connectivity index (χ3v) is 9.61. The van der Waals surface area contributed by atoms with Crippen LogP contribution in [0, 0.1) is 0 Å². The third-order valence-electron chi connectivity index (χ3n) is 9.61. The number of carbonyl (C=O) groups excluding carboxylic acids is 2. The molecule has 1 aliphatic carbocycles.